The van der Waals surface area contributed by atoms with Gasteiger partial charge in [0.1, 0.15) is 0 Å². The molecule has 1 aliphatic heterocycles. The molecule has 0 unspecified atom stereocenters. The van der Waals surface area contributed by atoms with Crippen molar-refractivity contribution < 1.29 is 4.79 Å². The molecule has 1 saturated heterocycles. The highest BCUT2D eigenvalue weighted by Crippen LogP contribution is 2.30. The summed E-state index contributed by atoms with van der Waals surface area (Å²) in [6.07, 6.45) is 6.19. The van der Waals surface area contributed by atoms with Crippen molar-refractivity contribution in [3.8, 4) is 0 Å². The molecular weight excluding hydrogens is 314 g/mol. The summed E-state index contributed by atoms with van der Waals surface area (Å²) in [5, 5.41) is 0. The topological polar surface area (TPSA) is 47.2 Å². The van der Waals surface area contributed by atoms with Gasteiger partial charge in [-0.2, -0.15) is 0 Å². The molecule has 0 bridgehead atoms. The number of amides is 1. The molecule has 130 valence electrons. The number of carbonyl (C=O) groups is 1. The van der Waals surface area contributed by atoms with E-state index in [2.05, 4.69) is 0 Å². The molecule has 0 saturated carbocycles. The minimum atomic E-state index is -0.0927. The van der Waals surface area contributed by atoms with Crippen LogP contribution in [0, 0.1) is 0 Å². The molecule has 1 aliphatic rings. The largest absolute Gasteiger partial charge is 0.333 e. The maximum absolute atomic E-state index is 12.8. The van der Waals surface area contributed by atoms with Crippen LogP contribution in [0.15, 0.2) is 58.6 Å². The minimum absolute atomic E-state index is 0.0927. The van der Waals surface area contributed by atoms with E-state index in [0.29, 0.717) is 13.0 Å². The van der Waals surface area contributed by atoms with Crippen molar-refractivity contribution in [2.45, 2.75) is 27.2 Å². The Kier molecular flexibility index (Phi) is 4.49. The molecule has 25 heavy (non-hydrogen) atoms. The Morgan fingerprint density at radius 1 is 1.16 bits per heavy atom. The van der Waals surface area contributed by atoms with Gasteiger partial charge in [0.25, 0.3) is 0 Å². The number of aryl methyl sites for hydroxylation is 1. The molecule has 1 fully saturated rings. The lowest BCUT2D eigenvalue weighted by atomic mass is 10.1. The molecule has 0 radical (unpaired) electrons. The number of allylic oxidation sites excluding steroid dienone is 5. The number of hydrogen-bond donors (Lipinski definition) is 0. The summed E-state index contributed by atoms with van der Waals surface area (Å²) in [4.78, 5) is 26.8. The zero-order valence-corrected chi connectivity index (χ0v) is 15.1. The first-order valence-corrected chi connectivity index (χ1v) is 8.54. The fraction of sp³-hybridized carbons (Fsp3) is 0.300. The van der Waals surface area contributed by atoms with Crippen molar-refractivity contribution in [3.05, 3.63) is 64.2 Å². The second-order valence-electron chi connectivity index (χ2n) is 6.04. The number of aromatic nitrogens is 2. The Morgan fingerprint density at radius 3 is 2.44 bits per heavy atom. The number of carbonyl (C=O) groups excluding carboxylic acids is 1. The van der Waals surface area contributed by atoms with Gasteiger partial charge in [-0.3, -0.25) is 13.9 Å². The van der Waals surface area contributed by atoms with E-state index in [1.54, 1.807) is 21.1 Å². The lowest BCUT2D eigenvalue weighted by Gasteiger charge is -2.15. The standard InChI is InChI=1S/C20H23N3O2/c1-5-15(12-14-13-19(24)22(7-3)16(14)6-2)23-18-11-9-8-10-17(18)21(4)20(23)25/h5-6,8-12H,7,13H2,1-4H3/b14-12-,15-5+,16-6?. The van der Waals surface area contributed by atoms with Crippen LogP contribution in [0.3, 0.4) is 0 Å². The van der Waals surface area contributed by atoms with Crippen LogP contribution in [0.5, 0.6) is 0 Å². The summed E-state index contributed by atoms with van der Waals surface area (Å²) >= 11 is 0. The van der Waals surface area contributed by atoms with Crippen LogP contribution in [-0.2, 0) is 11.8 Å². The van der Waals surface area contributed by atoms with E-state index < -0.39 is 0 Å². The molecule has 0 aliphatic carbocycles. The molecular formula is C20H23N3O2. The normalized spacial score (nSPS) is 19.0. The van der Waals surface area contributed by atoms with Crippen molar-refractivity contribution in [1.82, 2.24) is 14.0 Å². The third-order valence-electron chi connectivity index (χ3n) is 4.69. The Balaban J connectivity index is 2.17. The minimum Gasteiger partial charge on any atom is -0.312 e. The second kappa shape index (κ2) is 6.59. The van der Waals surface area contributed by atoms with Gasteiger partial charge in [0.15, 0.2) is 0 Å². The van der Waals surface area contributed by atoms with Gasteiger partial charge in [0.2, 0.25) is 5.91 Å². The third kappa shape index (κ3) is 2.65. The van der Waals surface area contributed by atoms with Gasteiger partial charge in [-0.25, -0.2) is 4.79 Å². The van der Waals surface area contributed by atoms with E-state index >= 15 is 0 Å². The molecule has 0 N–H and O–H groups in total. The molecule has 2 aromatic rings. The lowest BCUT2D eigenvalue weighted by molar-refractivity contribution is -0.126. The van der Waals surface area contributed by atoms with E-state index in [9.17, 15) is 9.59 Å². The van der Waals surface area contributed by atoms with Crippen molar-refractivity contribution in [2.75, 3.05) is 6.54 Å². The molecule has 0 spiro atoms. The number of hydrogen-bond acceptors (Lipinski definition) is 2. The van der Waals surface area contributed by atoms with Crippen LogP contribution in [-0.4, -0.2) is 26.5 Å². The molecule has 5 nitrogen and oxygen atoms in total. The van der Waals surface area contributed by atoms with Gasteiger partial charge in [-0.1, -0.05) is 24.3 Å². The van der Waals surface area contributed by atoms with E-state index in [-0.39, 0.29) is 11.6 Å². The quantitative estimate of drug-likeness (QED) is 0.863. The van der Waals surface area contributed by atoms with Gasteiger partial charge < -0.3 is 4.90 Å². The number of rotatable bonds is 3. The number of imidazole rings is 1. The fourth-order valence-corrected chi connectivity index (χ4v) is 3.47. The predicted molar refractivity (Wildman–Crippen MR) is 101 cm³/mol. The molecule has 1 aromatic carbocycles. The number of nitrogens with zero attached hydrogens (tertiary/aromatic N) is 3. The van der Waals surface area contributed by atoms with Crippen molar-refractivity contribution in [3.63, 3.8) is 0 Å². The molecule has 2 heterocycles. The average Bonchev–Trinajstić information content (AvgIpc) is 3.07. The summed E-state index contributed by atoms with van der Waals surface area (Å²) in [5.74, 6) is 0.0996. The Morgan fingerprint density at radius 2 is 1.84 bits per heavy atom. The second-order valence-corrected chi connectivity index (χ2v) is 6.04. The van der Waals surface area contributed by atoms with Gasteiger partial charge >= 0.3 is 5.69 Å². The van der Waals surface area contributed by atoms with Crippen molar-refractivity contribution >= 4 is 22.6 Å². The van der Waals surface area contributed by atoms with Crippen LogP contribution in [0.2, 0.25) is 0 Å². The Labute approximate surface area is 147 Å². The summed E-state index contributed by atoms with van der Waals surface area (Å²) in [5.41, 5.74) is 4.31. The van der Waals surface area contributed by atoms with Gasteiger partial charge in [0.05, 0.1) is 17.5 Å². The Hall–Kier alpha value is -2.82. The van der Waals surface area contributed by atoms with E-state index in [4.69, 9.17) is 0 Å². The summed E-state index contributed by atoms with van der Waals surface area (Å²) in [7, 11) is 1.77. The number of fused-ring (bicyclic) bond motifs is 1. The highest BCUT2D eigenvalue weighted by Gasteiger charge is 2.28. The molecule has 1 aromatic heterocycles. The first-order valence-electron chi connectivity index (χ1n) is 8.54. The predicted octanol–water partition coefficient (Wildman–Crippen LogP) is 3.28. The van der Waals surface area contributed by atoms with E-state index in [1.807, 2.05) is 63.3 Å². The van der Waals surface area contributed by atoms with Crippen LogP contribution in [0.25, 0.3) is 16.7 Å². The fourth-order valence-electron chi connectivity index (χ4n) is 3.47. The summed E-state index contributed by atoms with van der Waals surface area (Å²) < 4.78 is 3.35. The molecule has 5 heteroatoms. The number of para-hydroxylation sites is 2. The first kappa shape index (κ1) is 17.0. The van der Waals surface area contributed by atoms with E-state index in [0.717, 1.165) is 28.0 Å². The highest BCUT2D eigenvalue weighted by atomic mass is 16.2. The van der Waals surface area contributed by atoms with Crippen LogP contribution >= 0.6 is 0 Å². The Bertz CT molecular complexity index is 986. The smallest absolute Gasteiger partial charge is 0.312 e. The van der Waals surface area contributed by atoms with Crippen molar-refractivity contribution in [2.24, 2.45) is 7.05 Å². The van der Waals surface area contributed by atoms with Crippen LogP contribution in [0.4, 0.5) is 0 Å². The zero-order valence-electron chi connectivity index (χ0n) is 15.1. The third-order valence-corrected chi connectivity index (χ3v) is 4.69. The first-order chi connectivity index (χ1) is 12.0. The summed E-state index contributed by atoms with van der Waals surface area (Å²) in [6.45, 7) is 6.46. The molecule has 1 amide bonds. The maximum atomic E-state index is 12.8. The molecule has 3 rings (SSSR count). The van der Waals surface area contributed by atoms with Gasteiger partial charge in [0, 0.05) is 25.0 Å². The highest BCUT2D eigenvalue weighted by molar-refractivity contribution is 5.89. The van der Waals surface area contributed by atoms with Gasteiger partial charge in [-0.15, -0.1) is 0 Å². The van der Waals surface area contributed by atoms with Crippen molar-refractivity contribution in [1.29, 1.82) is 0 Å². The number of likely N-dealkylation sites (N-methyl/N-ethyl adjacent to an activating group) is 1. The van der Waals surface area contributed by atoms with Crippen LogP contribution in [0.1, 0.15) is 27.2 Å². The molecule has 0 atom stereocenters. The monoisotopic (exact) mass is 337 g/mol. The SMILES string of the molecule is CC=C1/C(=C\C(=C/C)n2c(=O)n(C)c3ccccc32)CC(=O)N1CC. The van der Waals surface area contributed by atoms with Crippen LogP contribution < -0.4 is 5.69 Å². The summed E-state index contributed by atoms with van der Waals surface area (Å²) in [6, 6.07) is 7.72. The number of benzene rings is 1. The zero-order chi connectivity index (χ0) is 18.1. The van der Waals surface area contributed by atoms with Gasteiger partial charge in [-0.05, 0) is 44.6 Å². The average molecular weight is 337 g/mol. The number of likely N-dealkylation sites (tertiary alicyclic amines) is 1. The lowest BCUT2D eigenvalue weighted by Crippen LogP contribution is -2.22. The van der Waals surface area contributed by atoms with E-state index in [1.165, 1.54) is 0 Å². The maximum Gasteiger partial charge on any atom is 0.333 e.